The topological polar surface area (TPSA) is 77.9 Å². The molecule has 0 aliphatic carbocycles. The lowest BCUT2D eigenvalue weighted by Gasteiger charge is -2.21. The molecule has 0 aliphatic heterocycles. The molecule has 7 heteroatoms. The second-order valence-electron chi connectivity index (χ2n) is 9.27. The van der Waals surface area contributed by atoms with Crippen LogP contribution in [0, 0.1) is 5.92 Å². The molecule has 0 spiro atoms. The van der Waals surface area contributed by atoms with Gasteiger partial charge in [-0.2, -0.15) is 0 Å². The van der Waals surface area contributed by atoms with Crippen molar-refractivity contribution in [3.05, 3.63) is 100 Å². The standard InChI is InChI=1S/C31H30ClNO5/c1-20(2)18-37-30(19-38-29-14-13-26(36-3)17-27(29)31(34)35)23-6-4-5-21(15-23)7-11-25-12-9-22-8-10-24(32)16-28(22)33-25/h4-17,20,30H,18-19H2,1-3H3,(H,34,35)/b11-7+/t30-/m0/s1. The number of aromatic carboxylic acids is 1. The molecule has 0 radical (unpaired) electrons. The number of carboxylic acids is 1. The molecule has 38 heavy (non-hydrogen) atoms. The molecule has 1 N–H and O–H groups in total. The van der Waals surface area contributed by atoms with E-state index < -0.39 is 12.1 Å². The Kier molecular flexibility index (Phi) is 9.00. The van der Waals surface area contributed by atoms with Crippen LogP contribution in [0.3, 0.4) is 0 Å². The van der Waals surface area contributed by atoms with E-state index in [0.29, 0.717) is 23.3 Å². The van der Waals surface area contributed by atoms with Crippen molar-refractivity contribution in [2.24, 2.45) is 5.92 Å². The molecule has 0 saturated heterocycles. The van der Waals surface area contributed by atoms with E-state index in [9.17, 15) is 9.90 Å². The Balaban J connectivity index is 1.55. The maximum Gasteiger partial charge on any atom is 0.339 e. The van der Waals surface area contributed by atoms with E-state index in [4.69, 9.17) is 25.8 Å². The lowest BCUT2D eigenvalue weighted by atomic mass is 10.1. The number of carbonyl (C=O) groups is 1. The molecule has 0 saturated carbocycles. The zero-order valence-electron chi connectivity index (χ0n) is 21.6. The number of aromatic nitrogens is 1. The molecule has 1 aromatic heterocycles. The molecule has 6 nitrogen and oxygen atoms in total. The first kappa shape index (κ1) is 27.2. The quantitative estimate of drug-likeness (QED) is 0.215. The van der Waals surface area contributed by atoms with Crippen LogP contribution in [-0.4, -0.2) is 36.4 Å². The van der Waals surface area contributed by atoms with Gasteiger partial charge in [-0.05, 0) is 65.6 Å². The van der Waals surface area contributed by atoms with Crippen LogP contribution in [0.5, 0.6) is 11.5 Å². The van der Waals surface area contributed by atoms with Crippen LogP contribution in [0.25, 0.3) is 23.1 Å². The van der Waals surface area contributed by atoms with Gasteiger partial charge in [0.15, 0.2) is 0 Å². The molecule has 0 aliphatic rings. The van der Waals surface area contributed by atoms with Gasteiger partial charge in [0.05, 0.1) is 18.3 Å². The average molecular weight is 532 g/mol. The maximum absolute atomic E-state index is 11.8. The summed E-state index contributed by atoms with van der Waals surface area (Å²) in [5.41, 5.74) is 3.60. The van der Waals surface area contributed by atoms with Gasteiger partial charge in [-0.3, -0.25) is 0 Å². The summed E-state index contributed by atoms with van der Waals surface area (Å²) in [6.45, 7) is 4.84. The van der Waals surface area contributed by atoms with Crippen LogP contribution in [0.15, 0.2) is 72.8 Å². The molecule has 0 fully saturated rings. The minimum atomic E-state index is -1.09. The molecule has 4 aromatic rings. The first-order valence-corrected chi connectivity index (χ1v) is 12.7. The molecule has 0 bridgehead atoms. The zero-order chi connectivity index (χ0) is 27.1. The van der Waals surface area contributed by atoms with Crippen molar-refractivity contribution in [2.45, 2.75) is 20.0 Å². The monoisotopic (exact) mass is 531 g/mol. The smallest absolute Gasteiger partial charge is 0.339 e. The highest BCUT2D eigenvalue weighted by atomic mass is 35.5. The van der Waals surface area contributed by atoms with Crippen molar-refractivity contribution in [2.75, 3.05) is 20.3 Å². The minimum Gasteiger partial charge on any atom is -0.497 e. The summed E-state index contributed by atoms with van der Waals surface area (Å²) in [4.78, 5) is 16.4. The van der Waals surface area contributed by atoms with Gasteiger partial charge in [0.1, 0.15) is 29.8 Å². The van der Waals surface area contributed by atoms with Gasteiger partial charge < -0.3 is 19.3 Å². The first-order valence-electron chi connectivity index (χ1n) is 12.3. The van der Waals surface area contributed by atoms with Crippen molar-refractivity contribution in [1.82, 2.24) is 4.98 Å². The van der Waals surface area contributed by atoms with Gasteiger partial charge in [-0.15, -0.1) is 0 Å². The van der Waals surface area contributed by atoms with Crippen LogP contribution in [0.4, 0.5) is 0 Å². The summed E-state index contributed by atoms with van der Waals surface area (Å²) in [5.74, 6) is -0.0558. The summed E-state index contributed by atoms with van der Waals surface area (Å²) in [6, 6.07) is 22.3. The number of ether oxygens (including phenoxy) is 3. The van der Waals surface area contributed by atoms with Crippen molar-refractivity contribution < 1.29 is 24.1 Å². The van der Waals surface area contributed by atoms with E-state index in [2.05, 4.69) is 18.8 Å². The molecular weight excluding hydrogens is 502 g/mol. The van der Waals surface area contributed by atoms with Crippen molar-refractivity contribution in [3.63, 3.8) is 0 Å². The van der Waals surface area contributed by atoms with Crippen LogP contribution >= 0.6 is 11.6 Å². The predicted molar refractivity (Wildman–Crippen MR) is 151 cm³/mol. The van der Waals surface area contributed by atoms with Gasteiger partial charge in [0.25, 0.3) is 0 Å². The number of carboxylic acid groups (broad SMARTS) is 1. The number of fused-ring (bicyclic) bond motifs is 1. The van der Waals surface area contributed by atoms with Gasteiger partial charge in [-0.1, -0.05) is 61.9 Å². The number of hydrogen-bond acceptors (Lipinski definition) is 5. The second-order valence-corrected chi connectivity index (χ2v) is 9.71. The SMILES string of the molecule is COc1ccc(OC[C@H](OCC(C)C)c2cccc(/C=C/c3ccc4ccc(Cl)cc4n3)c2)c(C(=O)O)c1. The lowest BCUT2D eigenvalue weighted by molar-refractivity contribution is 0.00507. The molecule has 1 heterocycles. The molecular formula is C31H30ClNO5. The fourth-order valence-electron chi connectivity index (χ4n) is 3.89. The first-order chi connectivity index (χ1) is 18.3. The summed E-state index contributed by atoms with van der Waals surface area (Å²) in [5, 5.41) is 11.3. The van der Waals surface area contributed by atoms with E-state index >= 15 is 0 Å². The van der Waals surface area contributed by atoms with Gasteiger partial charge in [-0.25, -0.2) is 9.78 Å². The van der Waals surface area contributed by atoms with E-state index in [-0.39, 0.29) is 17.9 Å². The zero-order valence-corrected chi connectivity index (χ0v) is 22.3. The summed E-state index contributed by atoms with van der Waals surface area (Å²) in [6.07, 6.45) is 3.56. The molecule has 0 amide bonds. The predicted octanol–water partition coefficient (Wildman–Crippen LogP) is 7.56. The highest BCUT2D eigenvalue weighted by molar-refractivity contribution is 6.31. The Morgan fingerprint density at radius 3 is 2.58 bits per heavy atom. The molecule has 196 valence electrons. The van der Waals surface area contributed by atoms with Crippen molar-refractivity contribution in [3.8, 4) is 11.5 Å². The minimum absolute atomic E-state index is 0.0350. The normalized spacial score (nSPS) is 12.2. The number of pyridine rings is 1. The highest BCUT2D eigenvalue weighted by Crippen LogP contribution is 2.27. The Bertz CT molecular complexity index is 1450. The van der Waals surface area contributed by atoms with E-state index in [1.54, 1.807) is 12.1 Å². The largest absolute Gasteiger partial charge is 0.497 e. The van der Waals surface area contributed by atoms with Crippen LogP contribution in [-0.2, 0) is 4.74 Å². The van der Waals surface area contributed by atoms with Crippen molar-refractivity contribution >= 4 is 40.6 Å². The Hall–Kier alpha value is -3.87. The summed E-state index contributed by atoms with van der Waals surface area (Å²) < 4.78 is 17.3. The molecule has 0 unspecified atom stereocenters. The number of rotatable bonds is 11. The number of methoxy groups -OCH3 is 1. The summed E-state index contributed by atoms with van der Waals surface area (Å²) in [7, 11) is 1.49. The van der Waals surface area contributed by atoms with E-state index in [1.807, 2.05) is 66.7 Å². The Morgan fingerprint density at radius 2 is 1.82 bits per heavy atom. The van der Waals surface area contributed by atoms with Gasteiger partial charge in [0.2, 0.25) is 0 Å². The van der Waals surface area contributed by atoms with Gasteiger partial charge in [0, 0.05) is 17.0 Å². The third kappa shape index (κ3) is 7.12. The number of nitrogens with zero attached hydrogens (tertiary/aromatic N) is 1. The fourth-order valence-corrected chi connectivity index (χ4v) is 4.05. The number of hydrogen-bond donors (Lipinski definition) is 1. The van der Waals surface area contributed by atoms with Crippen molar-refractivity contribution in [1.29, 1.82) is 0 Å². The Labute approximate surface area is 227 Å². The van der Waals surface area contributed by atoms with Gasteiger partial charge >= 0.3 is 5.97 Å². The molecule has 1 atom stereocenters. The third-order valence-electron chi connectivity index (χ3n) is 5.84. The highest BCUT2D eigenvalue weighted by Gasteiger charge is 2.18. The van der Waals surface area contributed by atoms with E-state index in [0.717, 1.165) is 27.7 Å². The average Bonchev–Trinajstić information content (AvgIpc) is 2.91. The second kappa shape index (κ2) is 12.6. The molecule has 3 aromatic carbocycles. The fraction of sp³-hybridized carbons (Fsp3) is 0.226. The third-order valence-corrected chi connectivity index (χ3v) is 6.08. The van der Waals surface area contributed by atoms with E-state index in [1.165, 1.54) is 13.2 Å². The number of halogens is 1. The molecule has 4 rings (SSSR count). The number of benzene rings is 3. The van der Waals surface area contributed by atoms with Crippen LogP contribution < -0.4 is 9.47 Å². The summed E-state index contributed by atoms with van der Waals surface area (Å²) >= 11 is 6.12. The van der Waals surface area contributed by atoms with Crippen LogP contribution in [0.1, 0.15) is 47.1 Å². The Morgan fingerprint density at radius 1 is 1.00 bits per heavy atom. The lowest BCUT2D eigenvalue weighted by Crippen LogP contribution is -2.17. The van der Waals surface area contributed by atoms with Crippen LogP contribution in [0.2, 0.25) is 5.02 Å². The maximum atomic E-state index is 11.8.